The summed E-state index contributed by atoms with van der Waals surface area (Å²) in [5.74, 6) is 0.328. The van der Waals surface area contributed by atoms with Gasteiger partial charge in [0.25, 0.3) is 8.53 Å². The average molecular weight is 264 g/mol. The van der Waals surface area contributed by atoms with Crippen molar-refractivity contribution in [3.63, 3.8) is 0 Å². The first-order chi connectivity index (χ1) is 7.54. The number of nitriles is 1. The van der Waals surface area contributed by atoms with Crippen LogP contribution in [0.5, 0.6) is 0 Å². The maximum Gasteiger partial charge on any atom is 0.260 e. The second-order valence-electron chi connectivity index (χ2n) is 3.80. The molecule has 0 aromatic carbocycles. The zero-order valence-corrected chi connectivity index (χ0v) is 12.2. The van der Waals surface area contributed by atoms with Crippen LogP contribution in [-0.4, -0.2) is 29.3 Å². The van der Waals surface area contributed by atoms with E-state index < -0.39 is 8.53 Å². The molecular weight excluding hydrogens is 243 g/mol. The molecule has 94 valence electrons. The van der Waals surface area contributed by atoms with Gasteiger partial charge in [-0.2, -0.15) is 17.9 Å². The van der Waals surface area contributed by atoms with Crippen molar-refractivity contribution < 1.29 is 9.05 Å². The predicted octanol–water partition coefficient (Wildman–Crippen LogP) is 3.17. The van der Waals surface area contributed by atoms with Gasteiger partial charge in [-0.05, 0) is 27.7 Å². The van der Waals surface area contributed by atoms with Gasteiger partial charge < -0.3 is 9.05 Å². The van der Waals surface area contributed by atoms with E-state index >= 15 is 0 Å². The lowest BCUT2D eigenvalue weighted by Crippen LogP contribution is -2.33. The van der Waals surface area contributed by atoms with Crippen molar-refractivity contribution in [3.8, 4) is 6.07 Å². The highest BCUT2D eigenvalue weighted by molar-refractivity contribution is 7.80. The predicted molar refractivity (Wildman–Crippen MR) is 70.2 cm³/mol. The lowest BCUT2D eigenvalue weighted by molar-refractivity contribution is 0.193. The molecule has 0 aromatic heterocycles. The highest BCUT2D eigenvalue weighted by Gasteiger charge is 2.26. The molecule has 1 unspecified atom stereocenters. The number of rotatable bonds is 8. The quantitative estimate of drug-likeness (QED) is 0.316. The largest absolute Gasteiger partial charge is 0.321 e. The van der Waals surface area contributed by atoms with Crippen LogP contribution in [0.1, 0.15) is 34.1 Å². The fourth-order valence-electron chi connectivity index (χ4n) is 1.36. The minimum Gasteiger partial charge on any atom is -0.321 e. The molecule has 0 N–H and O–H groups in total. The first kappa shape index (κ1) is 16.1. The molecule has 0 spiro atoms. The molecule has 0 rings (SSSR count). The zero-order chi connectivity index (χ0) is 12.6. The number of hydrogen-bond acceptors (Lipinski definition) is 5. The minimum absolute atomic E-state index is 0.328. The van der Waals surface area contributed by atoms with Gasteiger partial charge in [0.1, 0.15) is 0 Å². The van der Waals surface area contributed by atoms with Crippen molar-refractivity contribution in [1.82, 2.24) is 4.67 Å². The Morgan fingerprint density at radius 3 is 2.19 bits per heavy atom. The summed E-state index contributed by atoms with van der Waals surface area (Å²) < 4.78 is 13.3. The van der Waals surface area contributed by atoms with Gasteiger partial charge in [-0.1, -0.05) is 0 Å². The Hall–Kier alpha value is 0.150. The number of nitrogens with zero attached hydrogens (tertiary/aromatic N) is 2. The van der Waals surface area contributed by atoms with Crippen LogP contribution < -0.4 is 0 Å². The van der Waals surface area contributed by atoms with Crippen LogP contribution in [-0.2, 0) is 9.05 Å². The second-order valence-corrected chi connectivity index (χ2v) is 5.52. The van der Waals surface area contributed by atoms with Gasteiger partial charge in [0.05, 0.1) is 25.0 Å². The lowest BCUT2D eigenvalue weighted by Gasteiger charge is -2.35. The summed E-state index contributed by atoms with van der Waals surface area (Å²) in [5, 5.41) is 8.47. The first-order valence-electron chi connectivity index (χ1n) is 5.36. The summed E-state index contributed by atoms with van der Waals surface area (Å²) in [6.45, 7) is 8.82. The minimum atomic E-state index is -1.11. The standard InChI is InChI=1S/C10H21N2O2PS/c1-9(2)12(10(3)4)15(14-8-16)13-7-5-6-11/h9-10,16H,5,7-8H2,1-4H3. The van der Waals surface area contributed by atoms with Crippen LogP contribution in [0.2, 0.25) is 0 Å². The van der Waals surface area contributed by atoms with E-state index in [1.54, 1.807) is 0 Å². The molecule has 1 atom stereocenters. The molecule has 0 saturated carbocycles. The van der Waals surface area contributed by atoms with Gasteiger partial charge in [-0.3, -0.25) is 0 Å². The molecule has 0 aromatic rings. The lowest BCUT2D eigenvalue weighted by atomic mass is 10.3. The van der Waals surface area contributed by atoms with Crippen LogP contribution in [0.4, 0.5) is 0 Å². The van der Waals surface area contributed by atoms with E-state index in [1.807, 2.05) is 0 Å². The van der Waals surface area contributed by atoms with Crippen molar-refractivity contribution in [2.45, 2.75) is 46.2 Å². The third-order valence-electron chi connectivity index (χ3n) is 1.83. The van der Waals surface area contributed by atoms with Gasteiger partial charge in [0.2, 0.25) is 0 Å². The highest BCUT2D eigenvalue weighted by Crippen LogP contribution is 2.45. The maximum atomic E-state index is 8.47. The van der Waals surface area contributed by atoms with Crippen LogP contribution in [0.15, 0.2) is 0 Å². The van der Waals surface area contributed by atoms with Crippen molar-refractivity contribution in [1.29, 1.82) is 5.26 Å². The van der Waals surface area contributed by atoms with Gasteiger partial charge in [-0.25, -0.2) is 4.67 Å². The molecule has 0 aliphatic heterocycles. The fraction of sp³-hybridized carbons (Fsp3) is 0.900. The Morgan fingerprint density at radius 1 is 1.25 bits per heavy atom. The average Bonchev–Trinajstić information content (AvgIpc) is 2.17. The summed E-state index contributed by atoms with van der Waals surface area (Å²) in [6, 6.07) is 2.74. The smallest absolute Gasteiger partial charge is 0.260 e. The zero-order valence-electron chi connectivity index (χ0n) is 10.4. The van der Waals surface area contributed by atoms with Crippen molar-refractivity contribution in [3.05, 3.63) is 0 Å². The molecule has 0 aliphatic carbocycles. The van der Waals surface area contributed by atoms with Crippen LogP contribution in [0, 0.1) is 11.3 Å². The molecule has 0 aliphatic rings. The monoisotopic (exact) mass is 264 g/mol. The number of hydrogen-bond donors (Lipinski definition) is 1. The summed E-state index contributed by atoms with van der Waals surface area (Å²) in [4.78, 5) is 0. The third-order valence-corrected chi connectivity index (χ3v) is 4.22. The van der Waals surface area contributed by atoms with E-state index in [0.717, 1.165) is 0 Å². The van der Waals surface area contributed by atoms with Gasteiger partial charge in [0, 0.05) is 12.1 Å². The maximum absolute atomic E-state index is 8.47. The first-order valence-corrected chi connectivity index (χ1v) is 7.12. The summed E-state index contributed by atoms with van der Waals surface area (Å²) in [5.41, 5.74) is 0. The Bertz CT molecular complexity index is 213. The third kappa shape index (κ3) is 6.03. The van der Waals surface area contributed by atoms with E-state index in [4.69, 9.17) is 14.3 Å². The van der Waals surface area contributed by atoms with Crippen molar-refractivity contribution >= 4 is 21.2 Å². The molecule has 0 amide bonds. The Morgan fingerprint density at radius 2 is 1.81 bits per heavy atom. The van der Waals surface area contributed by atoms with E-state index in [2.05, 4.69) is 51.1 Å². The van der Waals surface area contributed by atoms with E-state index in [0.29, 0.717) is 31.1 Å². The summed E-state index contributed by atoms with van der Waals surface area (Å²) in [7, 11) is -1.11. The van der Waals surface area contributed by atoms with E-state index in [-0.39, 0.29) is 0 Å². The normalized spacial score (nSPS) is 13.4. The Kier molecular flexibility index (Phi) is 9.29. The van der Waals surface area contributed by atoms with Crippen LogP contribution in [0.3, 0.4) is 0 Å². The molecular formula is C10H21N2O2PS. The van der Waals surface area contributed by atoms with Gasteiger partial charge in [-0.15, -0.1) is 0 Å². The molecule has 0 bridgehead atoms. The van der Waals surface area contributed by atoms with Gasteiger partial charge in [0.15, 0.2) is 0 Å². The fourth-order valence-corrected chi connectivity index (χ4v) is 3.10. The van der Waals surface area contributed by atoms with E-state index in [1.165, 1.54) is 0 Å². The molecule has 4 nitrogen and oxygen atoms in total. The molecule has 0 fully saturated rings. The second kappa shape index (κ2) is 9.21. The van der Waals surface area contributed by atoms with E-state index in [9.17, 15) is 0 Å². The highest BCUT2D eigenvalue weighted by atomic mass is 32.1. The topological polar surface area (TPSA) is 45.5 Å². The molecule has 16 heavy (non-hydrogen) atoms. The summed E-state index contributed by atoms with van der Waals surface area (Å²) >= 11 is 4.06. The van der Waals surface area contributed by atoms with Crippen molar-refractivity contribution in [2.24, 2.45) is 0 Å². The summed E-state index contributed by atoms with van der Waals surface area (Å²) in [6.07, 6.45) is 0.388. The van der Waals surface area contributed by atoms with Crippen molar-refractivity contribution in [2.75, 3.05) is 12.5 Å². The SMILES string of the molecule is CC(C)N(C(C)C)P(OCS)OCCC#N. The van der Waals surface area contributed by atoms with Crippen LogP contribution >= 0.6 is 21.2 Å². The Balaban J connectivity index is 4.39. The molecule has 0 saturated heterocycles. The van der Waals surface area contributed by atoms with Gasteiger partial charge >= 0.3 is 0 Å². The Labute approximate surface area is 105 Å². The molecule has 0 heterocycles. The van der Waals surface area contributed by atoms with Crippen LogP contribution in [0.25, 0.3) is 0 Å². The molecule has 0 radical (unpaired) electrons. The molecule has 6 heteroatoms. The number of thiol groups is 1.